The number of urea groups is 1. The molecule has 0 bridgehead atoms. The van der Waals surface area contributed by atoms with Gasteiger partial charge in [-0.1, -0.05) is 12.1 Å². The van der Waals surface area contributed by atoms with E-state index in [1.807, 2.05) is 12.1 Å². The summed E-state index contributed by atoms with van der Waals surface area (Å²) in [7, 11) is 0. The van der Waals surface area contributed by atoms with E-state index in [-0.39, 0.29) is 30.5 Å². The van der Waals surface area contributed by atoms with Crippen LogP contribution in [0.3, 0.4) is 0 Å². The molecule has 144 valence electrons. The van der Waals surface area contributed by atoms with Gasteiger partial charge in [0, 0.05) is 34.1 Å². The number of fused-ring (bicyclic) bond motifs is 1. The van der Waals surface area contributed by atoms with E-state index < -0.39 is 6.03 Å². The van der Waals surface area contributed by atoms with E-state index in [2.05, 4.69) is 10.3 Å². The van der Waals surface area contributed by atoms with Crippen LogP contribution in [0, 0.1) is 5.41 Å². The van der Waals surface area contributed by atoms with Gasteiger partial charge in [-0.05, 0) is 41.8 Å². The van der Waals surface area contributed by atoms with Crippen LogP contribution in [0.5, 0.6) is 0 Å². The van der Waals surface area contributed by atoms with Gasteiger partial charge in [-0.15, -0.1) is 0 Å². The number of nitrogens with zero attached hydrogens (tertiary/aromatic N) is 2. The summed E-state index contributed by atoms with van der Waals surface area (Å²) < 4.78 is 0. The molecular weight excluding hydrogens is 370 g/mol. The highest BCUT2D eigenvalue weighted by atomic mass is 16.2. The number of amides is 3. The van der Waals surface area contributed by atoms with E-state index in [4.69, 9.17) is 11.1 Å². The largest absolute Gasteiger partial charge is 0.384 e. The lowest BCUT2D eigenvalue weighted by Crippen LogP contribution is -2.27. The molecule has 0 spiro atoms. The van der Waals surface area contributed by atoms with Crippen molar-refractivity contribution >= 4 is 40.0 Å². The quantitative estimate of drug-likeness (QED) is 0.267. The lowest BCUT2D eigenvalue weighted by molar-refractivity contribution is -0.117. The van der Waals surface area contributed by atoms with Gasteiger partial charge in [-0.3, -0.25) is 30.2 Å². The molecule has 8 heteroatoms. The second-order valence-electron chi connectivity index (χ2n) is 6.74. The minimum absolute atomic E-state index is 0.00891. The number of nitrogens with one attached hydrogen (secondary N) is 2. The molecule has 1 fully saturated rings. The van der Waals surface area contributed by atoms with Crippen LogP contribution in [-0.2, 0) is 11.2 Å². The topological polar surface area (TPSA) is 129 Å². The van der Waals surface area contributed by atoms with Crippen molar-refractivity contribution in [1.82, 2.24) is 10.3 Å². The van der Waals surface area contributed by atoms with E-state index in [9.17, 15) is 14.4 Å². The van der Waals surface area contributed by atoms with E-state index in [0.29, 0.717) is 22.5 Å². The van der Waals surface area contributed by atoms with Crippen LogP contribution in [0.15, 0.2) is 54.7 Å². The van der Waals surface area contributed by atoms with Crippen molar-refractivity contribution in [2.75, 3.05) is 11.4 Å². The van der Waals surface area contributed by atoms with Crippen LogP contribution in [0.1, 0.15) is 21.6 Å². The van der Waals surface area contributed by atoms with E-state index in [1.54, 1.807) is 42.6 Å². The van der Waals surface area contributed by atoms with E-state index in [1.165, 1.54) is 4.90 Å². The first-order chi connectivity index (χ1) is 13.9. The SMILES string of the molecule is N=C(N)c1ccc2cc(CC(=O)c3ccc(N4CC(=O)NC4=O)cc3)ncc2c1. The molecule has 0 aliphatic carbocycles. The summed E-state index contributed by atoms with van der Waals surface area (Å²) in [5.41, 5.74) is 7.80. The second-order valence-corrected chi connectivity index (χ2v) is 6.74. The molecule has 8 nitrogen and oxygen atoms in total. The third kappa shape index (κ3) is 3.68. The van der Waals surface area contributed by atoms with Gasteiger partial charge >= 0.3 is 6.03 Å². The number of nitrogen functional groups attached to an aromatic ring is 1. The number of Topliss-reactive ketones (excluding diaryl/α,β-unsaturated/α-hetero) is 1. The molecule has 0 saturated carbocycles. The molecule has 2 aromatic carbocycles. The van der Waals surface area contributed by atoms with Gasteiger partial charge in [0.25, 0.3) is 0 Å². The maximum atomic E-state index is 12.6. The number of carbonyl (C=O) groups excluding carboxylic acids is 3. The number of carbonyl (C=O) groups is 3. The zero-order valence-electron chi connectivity index (χ0n) is 15.3. The Morgan fingerprint density at radius 1 is 1.07 bits per heavy atom. The molecule has 4 N–H and O–H groups in total. The number of nitrogens with two attached hydrogens (primary N) is 1. The zero-order valence-corrected chi connectivity index (χ0v) is 15.3. The molecule has 3 aromatic rings. The Labute approximate surface area is 165 Å². The van der Waals surface area contributed by atoms with Crippen molar-refractivity contribution in [3.05, 3.63) is 71.5 Å². The molecule has 1 aliphatic rings. The standard InChI is InChI=1S/C21H17N5O3/c22-20(23)14-2-1-13-8-16(24-10-15(13)7-14)9-18(27)12-3-5-17(6-4-12)26-11-19(28)25-21(26)29/h1-8,10H,9,11H2,(H3,22,23)(H,25,28,29). The number of hydrogen-bond acceptors (Lipinski definition) is 5. The third-order valence-electron chi connectivity index (χ3n) is 4.73. The van der Waals surface area contributed by atoms with Gasteiger partial charge < -0.3 is 5.73 Å². The summed E-state index contributed by atoms with van der Waals surface area (Å²) in [6.45, 7) is -0.0293. The zero-order chi connectivity index (χ0) is 20.5. The van der Waals surface area contributed by atoms with Crippen LogP contribution < -0.4 is 16.0 Å². The molecule has 29 heavy (non-hydrogen) atoms. The molecule has 0 atom stereocenters. The van der Waals surface area contributed by atoms with Crippen molar-refractivity contribution in [1.29, 1.82) is 5.41 Å². The highest BCUT2D eigenvalue weighted by Crippen LogP contribution is 2.20. The summed E-state index contributed by atoms with van der Waals surface area (Å²) in [4.78, 5) is 41.3. The number of pyridine rings is 1. The summed E-state index contributed by atoms with van der Waals surface area (Å²) in [5, 5.41) is 11.5. The number of ketones is 1. The number of rotatable bonds is 5. The minimum Gasteiger partial charge on any atom is -0.384 e. The Hall–Kier alpha value is -4.07. The highest BCUT2D eigenvalue weighted by molar-refractivity contribution is 6.12. The predicted molar refractivity (Wildman–Crippen MR) is 108 cm³/mol. The number of imide groups is 1. The van der Waals surface area contributed by atoms with Crippen molar-refractivity contribution < 1.29 is 14.4 Å². The van der Waals surface area contributed by atoms with Crippen LogP contribution in [0.25, 0.3) is 10.8 Å². The smallest absolute Gasteiger partial charge is 0.329 e. The van der Waals surface area contributed by atoms with Gasteiger partial charge in [-0.2, -0.15) is 0 Å². The lowest BCUT2D eigenvalue weighted by atomic mass is 10.0. The molecule has 1 aromatic heterocycles. The van der Waals surface area contributed by atoms with Gasteiger partial charge in [0.05, 0.1) is 6.42 Å². The van der Waals surface area contributed by atoms with Crippen molar-refractivity contribution in [3.8, 4) is 0 Å². The summed E-state index contributed by atoms with van der Waals surface area (Å²) >= 11 is 0. The fourth-order valence-electron chi connectivity index (χ4n) is 3.20. The van der Waals surface area contributed by atoms with Crippen LogP contribution in [0.4, 0.5) is 10.5 Å². The molecular formula is C21H17N5O3. The van der Waals surface area contributed by atoms with Gasteiger partial charge in [0.15, 0.2) is 5.78 Å². The van der Waals surface area contributed by atoms with Gasteiger partial charge in [-0.25, -0.2) is 4.79 Å². The molecule has 0 unspecified atom stereocenters. The fourth-order valence-corrected chi connectivity index (χ4v) is 3.20. The van der Waals surface area contributed by atoms with Crippen molar-refractivity contribution in [2.45, 2.75) is 6.42 Å². The lowest BCUT2D eigenvalue weighted by Gasteiger charge is -2.13. The van der Waals surface area contributed by atoms with Crippen LogP contribution in [-0.4, -0.2) is 35.1 Å². The monoisotopic (exact) mass is 387 g/mol. The summed E-state index contributed by atoms with van der Waals surface area (Å²) in [5.74, 6) is -0.468. The molecule has 1 saturated heterocycles. The maximum Gasteiger partial charge on any atom is 0.329 e. The average Bonchev–Trinajstić information content (AvgIpc) is 3.05. The van der Waals surface area contributed by atoms with E-state index >= 15 is 0 Å². The number of benzene rings is 2. The van der Waals surface area contributed by atoms with Crippen LogP contribution in [0.2, 0.25) is 0 Å². The first-order valence-electron chi connectivity index (χ1n) is 8.88. The van der Waals surface area contributed by atoms with E-state index in [0.717, 1.165) is 10.8 Å². The number of hydrogen-bond donors (Lipinski definition) is 3. The molecule has 1 aliphatic heterocycles. The fraction of sp³-hybridized carbons (Fsp3) is 0.0952. The first-order valence-corrected chi connectivity index (χ1v) is 8.88. The summed E-state index contributed by atoms with van der Waals surface area (Å²) in [6.07, 6.45) is 1.79. The van der Waals surface area contributed by atoms with Gasteiger partial charge in [0.1, 0.15) is 12.4 Å². The Balaban J connectivity index is 1.50. The van der Waals surface area contributed by atoms with Crippen molar-refractivity contribution in [2.24, 2.45) is 5.73 Å². The summed E-state index contributed by atoms with van der Waals surface area (Å²) in [6, 6.07) is 13.3. The Bertz CT molecular complexity index is 1170. The number of amidine groups is 1. The minimum atomic E-state index is -0.470. The highest BCUT2D eigenvalue weighted by Gasteiger charge is 2.27. The number of anilines is 1. The predicted octanol–water partition coefficient (Wildman–Crippen LogP) is 2.00. The first kappa shape index (κ1) is 18.3. The molecule has 2 heterocycles. The van der Waals surface area contributed by atoms with Crippen LogP contribution >= 0.6 is 0 Å². The third-order valence-corrected chi connectivity index (χ3v) is 4.73. The molecule has 0 radical (unpaired) electrons. The van der Waals surface area contributed by atoms with Crippen molar-refractivity contribution in [3.63, 3.8) is 0 Å². The Morgan fingerprint density at radius 3 is 2.45 bits per heavy atom. The maximum absolute atomic E-state index is 12.6. The normalized spacial score (nSPS) is 13.6. The second kappa shape index (κ2) is 7.16. The van der Waals surface area contributed by atoms with Gasteiger partial charge in [0.2, 0.25) is 5.91 Å². The number of aromatic nitrogens is 1. The Kier molecular flexibility index (Phi) is 4.52. The average molecular weight is 387 g/mol. The Morgan fingerprint density at radius 2 is 1.79 bits per heavy atom. The molecule has 3 amide bonds. The molecule has 4 rings (SSSR count).